The van der Waals surface area contributed by atoms with Crippen LogP contribution in [0.5, 0.6) is 0 Å². The third-order valence-electron chi connectivity index (χ3n) is 3.82. The normalized spacial score (nSPS) is 11.0. The van der Waals surface area contributed by atoms with Crippen LogP contribution in [0, 0.1) is 0 Å². The van der Waals surface area contributed by atoms with Crippen molar-refractivity contribution in [3.63, 3.8) is 0 Å². The highest BCUT2D eigenvalue weighted by Crippen LogP contribution is 2.17. The minimum Gasteiger partial charge on any atom is -0.313 e. The molecule has 1 heterocycles. The summed E-state index contributed by atoms with van der Waals surface area (Å²) in [7, 11) is 0. The Labute approximate surface area is 128 Å². The van der Waals surface area contributed by atoms with Gasteiger partial charge in [0.2, 0.25) is 0 Å². The predicted molar refractivity (Wildman–Crippen MR) is 88.5 cm³/mol. The van der Waals surface area contributed by atoms with Gasteiger partial charge in [-0.05, 0) is 31.4 Å². The molecule has 0 unspecified atom stereocenters. The molecule has 0 saturated carbocycles. The van der Waals surface area contributed by atoms with Gasteiger partial charge < -0.3 is 5.32 Å². The lowest BCUT2D eigenvalue weighted by Gasteiger charge is -2.09. The number of nitrogens with one attached hydrogen (secondary N) is 1. The molecular formula is C18H27N3. The van der Waals surface area contributed by atoms with E-state index in [4.69, 9.17) is 5.10 Å². The Kier molecular flexibility index (Phi) is 6.00. The van der Waals surface area contributed by atoms with Gasteiger partial charge in [-0.3, -0.25) is 4.68 Å². The molecule has 2 rings (SSSR count). The first-order valence-electron chi connectivity index (χ1n) is 8.12. The van der Waals surface area contributed by atoms with Crippen molar-refractivity contribution in [1.29, 1.82) is 0 Å². The van der Waals surface area contributed by atoms with Gasteiger partial charge in [0, 0.05) is 17.8 Å². The smallest absolute Gasteiger partial charge is 0.0669 e. The molecule has 3 nitrogen and oxygen atoms in total. The lowest BCUT2D eigenvalue weighted by molar-refractivity contribution is 0.634. The monoisotopic (exact) mass is 285 g/mol. The second-order valence-corrected chi connectivity index (χ2v) is 5.40. The van der Waals surface area contributed by atoms with Gasteiger partial charge in [-0.2, -0.15) is 5.10 Å². The molecule has 0 aliphatic rings. The van der Waals surface area contributed by atoms with Crippen LogP contribution >= 0.6 is 0 Å². The minimum atomic E-state index is 0.866. The Morgan fingerprint density at radius 2 is 1.81 bits per heavy atom. The van der Waals surface area contributed by atoms with Gasteiger partial charge in [-0.25, -0.2) is 0 Å². The van der Waals surface area contributed by atoms with Crippen LogP contribution in [0.2, 0.25) is 0 Å². The van der Waals surface area contributed by atoms with Crippen LogP contribution < -0.4 is 5.32 Å². The van der Waals surface area contributed by atoms with Crippen molar-refractivity contribution >= 4 is 0 Å². The van der Waals surface area contributed by atoms with Crippen molar-refractivity contribution in [3.8, 4) is 0 Å². The largest absolute Gasteiger partial charge is 0.313 e. The number of aromatic nitrogens is 2. The van der Waals surface area contributed by atoms with E-state index in [2.05, 4.69) is 61.1 Å². The van der Waals surface area contributed by atoms with Crippen LogP contribution in [0.1, 0.15) is 49.7 Å². The fourth-order valence-electron chi connectivity index (χ4n) is 2.75. The van der Waals surface area contributed by atoms with E-state index in [0.717, 1.165) is 32.5 Å². The summed E-state index contributed by atoms with van der Waals surface area (Å²) in [5.41, 5.74) is 5.33. The molecule has 0 fully saturated rings. The zero-order valence-corrected chi connectivity index (χ0v) is 13.5. The average Bonchev–Trinajstić information content (AvgIpc) is 2.85. The zero-order chi connectivity index (χ0) is 15.1. The standard InChI is InChI=1S/C18H27N3/c1-4-12-19-13-16-17(5-2)20-21(18(16)6-3)14-15-10-8-7-9-11-15/h7-11,19H,4-6,12-14H2,1-3H3. The van der Waals surface area contributed by atoms with Crippen LogP contribution in [0.4, 0.5) is 0 Å². The molecule has 0 amide bonds. The van der Waals surface area contributed by atoms with Crippen LogP contribution in [0.25, 0.3) is 0 Å². The second-order valence-electron chi connectivity index (χ2n) is 5.40. The summed E-state index contributed by atoms with van der Waals surface area (Å²) < 4.78 is 2.19. The molecule has 0 saturated heterocycles. The van der Waals surface area contributed by atoms with Crippen molar-refractivity contribution < 1.29 is 0 Å². The maximum atomic E-state index is 4.85. The first-order chi connectivity index (χ1) is 10.3. The van der Waals surface area contributed by atoms with Gasteiger partial charge in [-0.15, -0.1) is 0 Å². The molecule has 0 atom stereocenters. The Morgan fingerprint density at radius 1 is 1.05 bits per heavy atom. The summed E-state index contributed by atoms with van der Waals surface area (Å²) in [6.45, 7) is 9.49. The van der Waals surface area contributed by atoms with Crippen LogP contribution in [-0.4, -0.2) is 16.3 Å². The molecule has 0 bridgehead atoms. The van der Waals surface area contributed by atoms with Gasteiger partial charge in [0.05, 0.1) is 12.2 Å². The van der Waals surface area contributed by atoms with E-state index in [0.29, 0.717) is 0 Å². The fourth-order valence-corrected chi connectivity index (χ4v) is 2.75. The molecule has 0 radical (unpaired) electrons. The number of hydrogen-bond donors (Lipinski definition) is 1. The number of aryl methyl sites for hydroxylation is 1. The molecule has 114 valence electrons. The SMILES string of the molecule is CCCNCc1c(CC)nn(Cc2ccccc2)c1CC. The van der Waals surface area contributed by atoms with Crippen molar-refractivity contribution in [1.82, 2.24) is 15.1 Å². The summed E-state index contributed by atoms with van der Waals surface area (Å²) >= 11 is 0. The van der Waals surface area contributed by atoms with Gasteiger partial charge >= 0.3 is 0 Å². The first-order valence-corrected chi connectivity index (χ1v) is 8.12. The average molecular weight is 285 g/mol. The topological polar surface area (TPSA) is 29.9 Å². The van der Waals surface area contributed by atoms with E-state index in [-0.39, 0.29) is 0 Å². The fraction of sp³-hybridized carbons (Fsp3) is 0.500. The highest BCUT2D eigenvalue weighted by molar-refractivity contribution is 5.28. The number of nitrogens with zero attached hydrogens (tertiary/aromatic N) is 2. The van der Waals surface area contributed by atoms with Gasteiger partial charge in [0.15, 0.2) is 0 Å². The molecule has 3 heteroatoms. The summed E-state index contributed by atoms with van der Waals surface area (Å²) in [6.07, 6.45) is 3.20. The van der Waals surface area contributed by atoms with Crippen LogP contribution in [-0.2, 0) is 25.9 Å². The van der Waals surface area contributed by atoms with E-state index < -0.39 is 0 Å². The summed E-state index contributed by atoms with van der Waals surface area (Å²) in [5, 5.41) is 8.37. The zero-order valence-electron chi connectivity index (χ0n) is 13.5. The molecule has 1 aromatic heterocycles. The second kappa shape index (κ2) is 7.99. The molecular weight excluding hydrogens is 258 g/mol. The number of benzene rings is 1. The van der Waals surface area contributed by atoms with E-state index in [9.17, 15) is 0 Å². The molecule has 21 heavy (non-hydrogen) atoms. The van der Waals surface area contributed by atoms with E-state index in [1.807, 2.05) is 0 Å². The third kappa shape index (κ3) is 3.94. The Bertz CT molecular complexity index is 543. The van der Waals surface area contributed by atoms with Crippen LogP contribution in [0.15, 0.2) is 30.3 Å². The summed E-state index contributed by atoms with van der Waals surface area (Å²) in [6, 6.07) is 10.6. The van der Waals surface area contributed by atoms with Crippen molar-refractivity contribution in [3.05, 3.63) is 52.8 Å². The number of hydrogen-bond acceptors (Lipinski definition) is 2. The Balaban J connectivity index is 2.24. The highest BCUT2D eigenvalue weighted by atomic mass is 15.3. The Hall–Kier alpha value is -1.61. The molecule has 0 aliphatic heterocycles. The predicted octanol–water partition coefficient (Wildman–Crippen LogP) is 3.56. The van der Waals surface area contributed by atoms with Gasteiger partial charge in [-0.1, -0.05) is 51.1 Å². The molecule has 1 N–H and O–H groups in total. The number of rotatable bonds is 8. The quantitative estimate of drug-likeness (QED) is 0.752. The van der Waals surface area contributed by atoms with E-state index >= 15 is 0 Å². The highest BCUT2D eigenvalue weighted by Gasteiger charge is 2.15. The lowest BCUT2D eigenvalue weighted by atomic mass is 10.1. The van der Waals surface area contributed by atoms with Crippen molar-refractivity contribution in [2.24, 2.45) is 0 Å². The van der Waals surface area contributed by atoms with Crippen LogP contribution in [0.3, 0.4) is 0 Å². The van der Waals surface area contributed by atoms with Crippen molar-refractivity contribution in [2.45, 2.75) is 53.1 Å². The maximum absolute atomic E-state index is 4.85. The first kappa shape index (κ1) is 15.8. The molecule has 0 aliphatic carbocycles. The molecule has 1 aromatic carbocycles. The van der Waals surface area contributed by atoms with Gasteiger partial charge in [0.25, 0.3) is 0 Å². The van der Waals surface area contributed by atoms with Crippen molar-refractivity contribution in [2.75, 3.05) is 6.54 Å². The third-order valence-corrected chi connectivity index (χ3v) is 3.82. The molecule has 2 aromatic rings. The minimum absolute atomic E-state index is 0.866. The van der Waals surface area contributed by atoms with Gasteiger partial charge in [0.1, 0.15) is 0 Å². The lowest BCUT2D eigenvalue weighted by Crippen LogP contribution is -2.16. The van der Waals surface area contributed by atoms with E-state index in [1.54, 1.807) is 0 Å². The van der Waals surface area contributed by atoms with E-state index in [1.165, 1.54) is 28.9 Å². The summed E-state index contributed by atoms with van der Waals surface area (Å²) in [4.78, 5) is 0. The maximum Gasteiger partial charge on any atom is 0.0669 e. The Morgan fingerprint density at radius 3 is 2.43 bits per heavy atom. The molecule has 0 spiro atoms. The summed E-state index contributed by atoms with van der Waals surface area (Å²) in [5.74, 6) is 0.